The Morgan fingerprint density at radius 3 is 2.32 bits per heavy atom. The lowest BCUT2D eigenvalue weighted by molar-refractivity contribution is 0.432. The van der Waals surface area contributed by atoms with Crippen molar-refractivity contribution in [3.05, 3.63) is 60.3 Å². The number of hydrogen-bond donors (Lipinski definition) is 1. The molecular weight excluding hydrogens is 274 g/mol. The minimum atomic E-state index is 0.0774. The number of pyridine rings is 1. The molecule has 1 aromatic carbocycles. The van der Waals surface area contributed by atoms with Gasteiger partial charge in [0.2, 0.25) is 5.88 Å². The molecule has 0 aliphatic rings. The van der Waals surface area contributed by atoms with Crippen molar-refractivity contribution < 1.29 is 5.11 Å². The second-order valence-corrected chi connectivity index (χ2v) is 6.31. The Balaban J connectivity index is 1.97. The number of aromatic nitrogens is 3. The molecule has 0 amide bonds. The Bertz CT molecular complexity index is 768. The maximum atomic E-state index is 10.1. The van der Waals surface area contributed by atoms with Crippen molar-refractivity contribution in [3.63, 3.8) is 0 Å². The second kappa shape index (κ2) is 5.30. The standard InChI is InChI=1S/C18H19N3O/c1-18(2,3)14-9-7-13(8-10-14)15-12-17(22)21(20-15)16-6-4-5-11-19-16/h4-12,22H,1-3H3. The van der Waals surface area contributed by atoms with Gasteiger partial charge in [-0.05, 0) is 23.1 Å². The highest BCUT2D eigenvalue weighted by atomic mass is 16.3. The van der Waals surface area contributed by atoms with Gasteiger partial charge in [-0.25, -0.2) is 4.98 Å². The van der Waals surface area contributed by atoms with Gasteiger partial charge in [-0.2, -0.15) is 9.78 Å². The van der Waals surface area contributed by atoms with Crippen LogP contribution in [0.1, 0.15) is 26.3 Å². The van der Waals surface area contributed by atoms with E-state index >= 15 is 0 Å². The van der Waals surface area contributed by atoms with Gasteiger partial charge in [-0.3, -0.25) is 0 Å². The SMILES string of the molecule is CC(C)(C)c1ccc(-c2cc(O)n(-c3ccccn3)n2)cc1. The fourth-order valence-electron chi connectivity index (χ4n) is 2.30. The van der Waals surface area contributed by atoms with Crippen molar-refractivity contribution in [2.24, 2.45) is 0 Å². The first-order valence-electron chi connectivity index (χ1n) is 7.26. The average molecular weight is 293 g/mol. The molecule has 3 rings (SSSR count). The largest absolute Gasteiger partial charge is 0.493 e. The van der Waals surface area contributed by atoms with E-state index in [2.05, 4.69) is 43.0 Å². The lowest BCUT2D eigenvalue weighted by atomic mass is 9.86. The lowest BCUT2D eigenvalue weighted by Crippen LogP contribution is -2.10. The minimum Gasteiger partial charge on any atom is -0.493 e. The monoisotopic (exact) mass is 293 g/mol. The van der Waals surface area contributed by atoms with Crippen molar-refractivity contribution in [1.29, 1.82) is 0 Å². The summed E-state index contributed by atoms with van der Waals surface area (Å²) in [5.74, 6) is 0.672. The molecule has 4 heteroatoms. The minimum absolute atomic E-state index is 0.0774. The third-order valence-corrected chi connectivity index (χ3v) is 3.60. The molecule has 0 aliphatic heterocycles. The molecule has 0 atom stereocenters. The molecule has 0 unspecified atom stereocenters. The first-order chi connectivity index (χ1) is 10.4. The summed E-state index contributed by atoms with van der Waals surface area (Å²) in [5, 5.41) is 14.5. The molecule has 2 aromatic heterocycles. The quantitative estimate of drug-likeness (QED) is 0.778. The Hall–Kier alpha value is -2.62. The smallest absolute Gasteiger partial charge is 0.216 e. The number of benzene rings is 1. The molecule has 22 heavy (non-hydrogen) atoms. The van der Waals surface area contributed by atoms with Crippen molar-refractivity contribution in [1.82, 2.24) is 14.8 Å². The van der Waals surface area contributed by atoms with Gasteiger partial charge in [-0.15, -0.1) is 0 Å². The molecule has 2 heterocycles. The normalized spacial score (nSPS) is 11.6. The van der Waals surface area contributed by atoms with Crippen LogP contribution in [0.15, 0.2) is 54.7 Å². The molecule has 0 fully saturated rings. The first-order valence-corrected chi connectivity index (χ1v) is 7.26. The second-order valence-electron chi connectivity index (χ2n) is 6.31. The first kappa shape index (κ1) is 14.3. The van der Waals surface area contributed by atoms with E-state index in [1.54, 1.807) is 18.3 Å². The summed E-state index contributed by atoms with van der Waals surface area (Å²) in [7, 11) is 0. The molecule has 0 radical (unpaired) electrons. The lowest BCUT2D eigenvalue weighted by Gasteiger charge is -2.18. The van der Waals surface area contributed by atoms with Gasteiger partial charge in [0.25, 0.3) is 0 Å². The van der Waals surface area contributed by atoms with Crippen LogP contribution in [0.5, 0.6) is 5.88 Å². The van der Waals surface area contributed by atoms with Crippen LogP contribution in [0.25, 0.3) is 17.1 Å². The zero-order chi connectivity index (χ0) is 15.7. The maximum Gasteiger partial charge on any atom is 0.216 e. The van der Waals surface area contributed by atoms with Crippen molar-refractivity contribution in [2.45, 2.75) is 26.2 Å². The fourth-order valence-corrected chi connectivity index (χ4v) is 2.30. The molecule has 3 aromatic rings. The van der Waals surface area contributed by atoms with Crippen LogP contribution in [-0.2, 0) is 5.41 Å². The van der Waals surface area contributed by atoms with Crippen LogP contribution in [-0.4, -0.2) is 19.9 Å². The molecule has 0 saturated heterocycles. The van der Waals surface area contributed by atoms with E-state index in [1.165, 1.54) is 10.2 Å². The zero-order valence-electron chi connectivity index (χ0n) is 13.0. The fraction of sp³-hybridized carbons (Fsp3) is 0.222. The molecule has 4 nitrogen and oxygen atoms in total. The maximum absolute atomic E-state index is 10.1. The Morgan fingerprint density at radius 1 is 1.00 bits per heavy atom. The van der Waals surface area contributed by atoms with Gasteiger partial charge < -0.3 is 5.11 Å². The van der Waals surface area contributed by atoms with Gasteiger partial charge in [0.1, 0.15) is 0 Å². The molecule has 112 valence electrons. The van der Waals surface area contributed by atoms with Crippen LogP contribution >= 0.6 is 0 Å². The van der Waals surface area contributed by atoms with Crippen molar-refractivity contribution in [2.75, 3.05) is 0 Å². The molecule has 0 spiro atoms. The van der Waals surface area contributed by atoms with Crippen molar-refractivity contribution >= 4 is 0 Å². The highest BCUT2D eigenvalue weighted by Gasteiger charge is 2.15. The van der Waals surface area contributed by atoms with Gasteiger partial charge in [0.05, 0.1) is 5.69 Å². The van der Waals surface area contributed by atoms with Gasteiger partial charge in [-0.1, -0.05) is 51.1 Å². The summed E-state index contributed by atoms with van der Waals surface area (Å²) in [6.45, 7) is 6.55. The van der Waals surface area contributed by atoms with E-state index < -0.39 is 0 Å². The number of aromatic hydroxyl groups is 1. The van der Waals surface area contributed by atoms with Gasteiger partial charge in [0.15, 0.2) is 5.82 Å². The average Bonchev–Trinajstić information content (AvgIpc) is 2.89. The summed E-state index contributed by atoms with van der Waals surface area (Å²) in [6, 6.07) is 15.4. The summed E-state index contributed by atoms with van der Waals surface area (Å²) in [6.07, 6.45) is 1.67. The highest BCUT2D eigenvalue weighted by molar-refractivity contribution is 5.61. The van der Waals surface area contributed by atoms with Gasteiger partial charge in [0, 0.05) is 17.8 Å². The molecule has 0 saturated carbocycles. The van der Waals surface area contributed by atoms with Crippen LogP contribution in [0, 0.1) is 0 Å². The molecule has 1 N–H and O–H groups in total. The number of nitrogens with zero attached hydrogens (tertiary/aromatic N) is 3. The van der Waals surface area contributed by atoms with E-state index in [0.717, 1.165) is 11.3 Å². The topological polar surface area (TPSA) is 50.9 Å². The van der Waals surface area contributed by atoms with E-state index in [1.807, 2.05) is 24.3 Å². The Labute approximate surface area is 130 Å². The Kier molecular flexibility index (Phi) is 3.45. The predicted octanol–water partition coefficient (Wildman–Crippen LogP) is 3.94. The number of rotatable bonds is 2. The highest BCUT2D eigenvalue weighted by Crippen LogP contribution is 2.28. The summed E-state index contributed by atoms with van der Waals surface area (Å²) in [5.41, 5.74) is 3.08. The van der Waals surface area contributed by atoms with Crippen LogP contribution in [0.2, 0.25) is 0 Å². The molecular formula is C18H19N3O. The molecule has 0 bridgehead atoms. The zero-order valence-corrected chi connectivity index (χ0v) is 13.0. The van der Waals surface area contributed by atoms with Crippen LogP contribution in [0.4, 0.5) is 0 Å². The third kappa shape index (κ3) is 2.72. The van der Waals surface area contributed by atoms with E-state index in [4.69, 9.17) is 0 Å². The third-order valence-electron chi connectivity index (χ3n) is 3.60. The summed E-state index contributed by atoms with van der Waals surface area (Å²) < 4.78 is 1.44. The van der Waals surface area contributed by atoms with E-state index in [9.17, 15) is 5.11 Å². The summed E-state index contributed by atoms with van der Waals surface area (Å²) in [4.78, 5) is 4.20. The van der Waals surface area contributed by atoms with Crippen molar-refractivity contribution in [3.8, 4) is 23.0 Å². The van der Waals surface area contributed by atoms with E-state index in [-0.39, 0.29) is 11.3 Å². The summed E-state index contributed by atoms with van der Waals surface area (Å²) >= 11 is 0. The predicted molar refractivity (Wildman–Crippen MR) is 87.2 cm³/mol. The van der Waals surface area contributed by atoms with E-state index in [0.29, 0.717) is 5.82 Å². The number of hydrogen-bond acceptors (Lipinski definition) is 3. The van der Waals surface area contributed by atoms with Gasteiger partial charge >= 0.3 is 0 Å². The molecule has 0 aliphatic carbocycles. The van der Waals surface area contributed by atoms with Crippen LogP contribution in [0.3, 0.4) is 0 Å². The Morgan fingerprint density at radius 2 is 1.73 bits per heavy atom. The van der Waals surface area contributed by atoms with Crippen LogP contribution < -0.4 is 0 Å².